The molecule has 1 aromatic rings. The van der Waals surface area contributed by atoms with Gasteiger partial charge in [-0.2, -0.15) is 13.2 Å². The Balaban J connectivity index is 3.30. The summed E-state index contributed by atoms with van der Waals surface area (Å²) < 4.78 is 49.6. The number of alkyl halides is 3. The molecule has 2 N–H and O–H groups in total. The first kappa shape index (κ1) is 11.4. The standard InChI is InChI=1S/C8H5F4NO2/c9-6-4(7(14)13-15)2-1-3-5(6)8(10,11)12/h1-3,15H,(H,13,14). The lowest BCUT2D eigenvalue weighted by Gasteiger charge is -2.09. The Morgan fingerprint density at radius 1 is 1.33 bits per heavy atom. The molecule has 0 radical (unpaired) electrons. The molecule has 7 heteroatoms. The first-order chi connectivity index (χ1) is 6.88. The van der Waals surface area contributed by atoms with Gasteiger partial charge in [0.1, 0.15) is 5.82 Å². The summed E-state index contributed by atoms with van der Waals surface area (Å²) in [5, 5.41) is 8.16. The Kier molecular flexibility index (Phi) is 2.94. The Morgan fingerprint density at radius 2 is 1.93 bits per heavy atom. The van der Waals surface area contributed by atoms with Gasteiger partial charge in [0.25, 0.3) is 5.91 Å². The van der Waals surface area contributed by atoms with E-state index in [1.807, 2.05) is 0 Å². The molecule has 1 rings (SSSR count). The lowest BCUT2D eigenvalue weighted by atomic mass is 10.1. The van der Waals surface area contributed by atoms with Crippen LogP contribution in [-0.2, 0) is 6.18 Å². The van der Waals surface area contributed by atoms with E-state index in [0.717, 1.165) is 17.6 Å². The molecule has 0 saturated heterocycles. The number of carbonyl (C=O) groups excluding carboxylic acids is 1. The fraction of sp³-hybridized carbons (Fsp3) is 0.125. The summed E-state index contributed by atoms with van der Waals surface area (Å²) in [5.41, 5.74) is -1.37. The quantitative estimate of drug-likeness (QED) is 0.434. The molecule has 3 nitrogen and oxygen atoms in total. The molecular formula is C8H5F4NO2. The zero-order chi connectivity index (χ0) is 11.6. The fourth-order valence-electron chi connectivity index (χ4n) is 0.986. The van der Waals surface area contributed by atoms with Gasteiger partial charge in [-0.1, -0.05) is 6.07 Å². The maximum absolute atomic E-state index is 13.1. The third-order valence-corrected chi connectivity index (χ3v) is 1.65. The van der Waals surface area contributed by atoms with Crippen LogP contribution in [0.2, 0.25) is 0 Å². The molecule has 0 saturated carbocycles. The molecule has 0 aliphatic carbocycles. The van der Waals surface area contributed by atoms with Gasteiger partial charge in [-0.25, -0.2) is 9.87 Å². The molecule has 0 fully saturated rings. The highest BCUT2D eigenvalue weighted by atomic mass is 19.4. The van der Waals surface area contributed by atoms with Gasteiger partial charge in [-0.05, 0) is 12.1 Å². The van der Waals surface area contributed by atoms with Gasteiger partial charge in [0.05, 0.1) is 11.1 Å². The van der Waals surface area contributed by atoms with Gasteiger partial charge in [-0.15, -0.1) is 0 Å². The second-order valence-corrected chi connectivity index (χ2v) is 2.61. The van der Waals surface area contributed by atoms with E-state index in [1.54, 1.807) is 0 Å². The number of hydroxylamine groups is 1. The molecule has 0 spiro atoms. The number of benzene rings is 1. The van der Waals surface area contributed by atoms with Crippen LogP contribution in [0.3, 0.4) is 0 Å². The summed E-state index contributed by atoms with van der Waals surface area (Å²) in [4.78, 5) is 10.7. The van der Waals surface area contributed by atoms with Crippen molar-refractivity contribution >= 4 is 5.91 Å². The summed E-state index contributed by atoms with van der Waals surface area (Å²) in [5.74, 6) is -3.05. The normalized spacial score (nSPS) is 11.3. The number of amides is 1. The van der Waals surface area contributed by atoms with Crippen molar-refractivity contribution in [3.8, 4) is 0 Å². The lowest BCUT2D eigenvalue weighted by Crippen LogP contribution is -2.21. The average Bonchev–Trinajstić information content (AvgIpc) is 2.15. The Labute approximate surface area is 81.3 Å². The zero-order valence-corrected chi connectivity index (χ0v) is 7.10. The predicted octanol–water partition coefficient (Wildman–Crippen LogP) is 1.96. The molecule has 0 heterocycles. The zero-order valence-electron chi connectivity index (χ0n) is 7.10. The molecule has 1 amide bonds. The summed E-state index contributed by atoms with van der Waals surface area (Å²) >= 11 is 0. The van der Waals surface area contributed by atoms with E-state index < -0.39 is 29.0 Å². The second-order valence-electron chi connectivity index (χ2n) is 2.61. The number of hydrogen-bond donors (Lipinski definition) is 2. The van der Waals surface area contributed by atoms with Crippen LogP contribution < -0.4 is 5.48 Å². The van der Waals surface area contributed by atoms with Crippen molar-refractivity contribution < 1.29 is 27.6 Å². The molecule has 0 unspecified atom stereocenters. The molecule has 82 valence electrons. The summed E-state index contributed by atoms with van der Waals surface area (Å²) in [6.07, 6.45) is -4.88. The highest BCUT2D eigenvalue weighted by Gasteiger charge is 2.35. The fourth-order valence-corrected chi connectivity index (χ4v) is 0.986. The summed E-state index contributed by atoms with van der Waals surface area (Å²) in [6.45, 7) is 0. The minimum atomic E-state index is -4.88. The topological polar surface area (TPSA) is 49.3 Å². The SMILES string of the molecule is O=C(NO)c1cccc(C(F)(F)F)c1F. The molecule has 0 aliphatic rings. The second kappa shape index (κ2) is 3.85. The van der Waals surface area contributed by atoms with Crippen LogP contribution in [-0.4, -0.2) is 11.1 Å². The average molecular weight is 223 g/mol. The van der Waals surface area contributed by atoms with Crippen molar-refractivity contribution in [3.05, 3.63) is 35.1 Å². The first-order valence-electron chi connectivity index (χ1n) is 3.68. The van der Waals surface area contributed by atoms with Crippen molar-refractivity contribution in [3.63, 3.8) is 0 Å². The van der Waals surface area contributed by atoms with E-state index in [9.17, 15) is 22.4 Å². The molecule has 15 heavy (non-hydrogen) atoms. The smallest absolute Gasteiger partial charge is 0.288 e. The van der Waals surface area contributed by atoms with Crippen LogP contribution in [0.1, 0.15) is 15.9 Å². The lowest BCUT2D eigenvalue weighted by molar-refractivity contribution is -0.140. The van der Waals surface area contributed by atoms with Gasteiger partial charge >= 0.3 is 6.18 Å². The van der Waals surface area contributed by atoms with Crippen molar-refractivity contribution in [2.45, 2.75) is 6.18 Å². The van der Waals surface area contributed by atoms with E-state index in [2.05, 4.69) is 0 Å². The Hall–Kier alpha value is -1.63. The predicted molar refractivity (Wildman–Crippen MR) is 40.7 cm³/mol. The number of nitrogens with one attached hydrogen (secondary N) is 1. The van der Waals surface area contributed by atoms with Crippen LogP contribution in [0.25, 0.3) is 0 Å². The third kappa shape index (κ3) is 2.24. The van der Waals surface area contributed by atoms with Crippen LogP contribution in [0, 0.1) is 5.82 Å². The molecule has 0 atom stereocenters. The van der Waals surface area contributed by atoms with Gasteiger partial charge in [0.15, 0.2) is 0 Å². The monoisotopic (exact) mass is 223 g/mol. The summed E-state index contributed by atoms with van der Waals surface area (Å²) in [7, 11) is 0. The van der Waals surface area contributed by atoms with E-state index in [1.165, 1.54) is 0 Å². The number of halogens is 4. The van der Waals surface area contributed by atoms with Crippen molar-refractivity contribution in [1.82, 2.24) is 5.48 Å². The number of carbonyl (C=O) groups is 1. The first-order valence-corrected chi connectivity index (χ1v) is 3.68. The van der Waals surface area contributed by atoms with E-state index in [0.29, 0.717) is 6.07 Å². The highest BCUT2D eigenvalue weighted by molar-refractivity contribution is 5.93. The third-order valence-electron chi connectivity index (χ3n) is 1.65. The molecule has 1 aromatic carbocycles. The van der Waals surface area contributed by atoms with Crippen molar-refractivity contribution in [2.75, 3.05) is 0 Å². The van der Waals surface area contributed by atoms with E-state index in [-0.39, 0.29) is 0 Å². The van der Waals surface area contributed by atoms with Gasteiger partial charge < -0.3 is 0 Å². The Bertz CT molecular complexity index is 389. The highest BCUT2D eigenvalue weighted by Crippen LogP contribution is 2.32. The molecular weight excluding hydrogens is 218 g/mol. The van der Waals surface area contributed by atoms with Gasteiger partial charge in [-0.3, -0.25) is 10.0 Å². The van der Waals surface area contributed by atoms with Crippen molar-refractivity contribution in [2.24, 2.45) is 0 Å². The molecule has 0 bridgehead atoms. The van der Waals surface area contributed by atoms with E-state index >= 15 is 0 Å². The number of rotatable bonds is 1. The minimum absolute atomic E-state index is 0.503. The van der Waals surface area contributed by atoms with Crippen LogP contribution in [0.4, 0.5) is 17.6 Å². The maximum Gasteiger partial charge on any atom is 0.419 e. The number of hydrogen-bond acceptors (Lipinski definition) is 2. The van der Waals surface area contributed by atoms with Crippen LogP contribution in [0.15, 0.2) is 18.2 Å². The molecule has 0 aromatic heterocycles. The molecule has 0 aliphatic heterocycles. The maximum atomic E-state index is 13.1. The minimum Gasteiger partial charge on any atom is -0.288 e. The largest absolute Gasteiger partial charge is 0.419 e. The van der Waals surface area contributed by atoms with Gasteiger partial charge in [0.2, 0.25) is 0 Å². The Morgan fingerprint density at radius 3 is 2.40 bits per heavy atom. The summed E-state index contributed by atoms with van der Waals surface area (Å²) in [6, 6.07) is 2.20. The van der Waals surface area contributed by atoms with E-state index in [4.69, 9.17) is 5.21 Å². The van der Waals surface area contributed by atoms with Crippen LogP contribution >= 0.6 is 0 Å². The van der Waals surface area contributed by atoms with Gasteiger partial charge in [0, 0.05) is 0 Å². The van der Waals surface area contributed by atoms with Crippen LogP contribution in [0.5, 0.6) is 0 Å². The van der Waals surface area contributed by atoms with Crippen molar-refractivity contribution in [1.29, 1.82) is 0 Å².